The Labute approximate surface area is 221 Å². The van der Waals surface area contributed by atoms with Gasteiger partial charge in [0.2, 0.25) is 5.78 Å². The molecular formula is C27H32F3NO6S. The van der Waals surface area contributed by atoms with E-state index >= 15 is 0 Å². The highest BCUT2D eigenvalue weighted by Gasteiger charge is 2.49. The van der Waals surface area contributed by atoms with Gasteiger partial charge in [0.15, 0.2) is 0 Å². The van der Waals surface area contributed by atoms with E-state index in [2.05, 4.69) is 9.64 Å². The Balaban J connectivity index is 2.22. The summed E-state index contributed by atoms with van der Waals surface area (Å²) < 4.78 is 73.8. The number of ether oxygens (including phenoxy) is 1. The van der Waals surface area contributed by atoms with Gasteiger partial charge >= 0.3 is 21.6 Å². The molecule has 1 fully saturated rings. The molecular weight excluding hydrogens is 523 g/mol. The van der Waals surface area contributed by atoms with Gasteiger partial charge in [-0.05, 0) is 55.5 Å². The van der Waals surface area contributed by atoms with Crippen LogP contribution < -0.4 is 4.18 Å². The first-order chi connectivity index (χ1) is 17.9. The van der Waals surface area contributed by atoms with Gasteiger partial charge < -0.3 is 8.92 Å². The molecule has 0 aromatic heterocycles. The van der Waals surface area contributed by atoms with E-state index in [1.807, 2.05) is 26.0 Å². The van der Waals surface area contributed by atoms with Crippen molar-refractivity contribution in [2.75, 3.05) is 20.2 Å². The molecule has 0 spiro atoms. The van der Waals surface area contributed by atoms with E-state index in [0.717, 1.165) is 38.0 Å². The standard InChI is InChI=1S/C27H32F3NO6S/c1-18(2)16-22(25(32)26(33)36-3)20-12-13-21(23(17-20)37-38(34,35)27(28,29)30)24(19-10-6-4-7-11-19)31-14-8-5-9-15-31/h4,6-7,10-13,17-18,22,24H,5,8-9,14-16H2,1-3H3. The van der Waals surface area contributed by atoms with Gasteiger partial charge in [0.05, 0.1) is 19.1 Å². The first-order valence-corrected chi connectivity index (χ1v) is 13.8. The number of carbonyl (C=O) groups is 2. The van der Waals surface area contributed by atoms with Crippen molar-refractivity contribution in [1.82, 2.24) is 4.90 Å². The van der Waals surface area contributed by atoms with Crippen molar-refractivity contribution in [3.8, 4) is 5.75 Å². The monoisotopic (exact) mass is 555 g/mol. The molecule has 38 heavy (non-hydrogen) atoms. The number of hydrogen-bond acceptors (Lipinski definition) is 7. The zero-order valence-corrected chi connectivity index (χ0v) is 22.3. The number of rotatable bonds is 10. The number of ketones is 1. The third kappa shape index (κ3) is 6.93. The minimum Gasteiger partial charge on any atom is -0.463 e. The van der Waals surface area contributed by atoms with E-state index in [1.165, 1.54) is 12.1 Å². The zero-order chi connectivity index (χ0) is 28.1. The molecule has 0 radical (unpaired) electrons. The molecule has 7 nitrogen and oxygen atoms in total. The van der Waals surface area contributed by atoms with Crippen LogP contribution in [0.3, 0.4) is 0 Å². The summed E-state index contributed by atoms with van der Waals surface area (Å²) in [5, 5.41) is 0. The minimum atomic E-state index is -6.02. The number of alkyl halides is 3. The second-order valence-electron chi connectivity index (χ2n) is 9.73. The maximum atomic E-state index is 13.4. The fraction of sp³-hybridized carbons (Fsp3) is 0.481. The molecule has 1 saturated heterocycles. The van der Waals surface area contributed by atoms with Crippen LogP contribution in [0.1, 0.15) is 68.2 Å². The number of piperidine rings is 1. The zero-order valence-electron chi connectivity index (χ0n) is 21.5. The molecule has 11 heteroatoms. The van der Waals surface area contributed by atoms with E-state index in [9.17, 15) is 31.2 Å². The molecule has 3 rings (SSSR count). The molecule has 2 unspecified atom stereocenters. The van der Waals surface area contributed by atoms with E-state index < -0.39 is 45.1 Å². The molecule has 0 bridgehead atoms. The van der Waals surface area contributed by atoms with Crippen molar-refractivity contribution in [2.24, 2.45) is 5.92 Å². The number of likely N-dealkylation sites (tertiary alicyclic amines) is 1. The Bertz CT molecular complexity index is 1230. The van der Waals surface area contributed by atoms with Crippen LogP contribution in [0.2, 0.25) is 0 Å². The molecule has 2 aromatic rings. The summed E-state index contributed by atoms with van der Waals surface area (Å²) in [5.74, 6) is -3.64. The summed E-state index contributed by atoms with van der Waals surface area (Å²) in [4.78, 5) is 27.0. The lowest BCUT2D eigenvalue weighted by Gasteiger charge is -2.36. The first kappa shape index (κ1) is 29.6. The maximum Gasteiger partial charge on any atom is 0.534 e. The third-order valence-corrected chi connectivity index (χ3v) is 7.46. The van der Waals surface area contributed by atoms with Crippen LogP contribution >= 0.6 is 0 Å². The molecule has 208 valence electrons. The van der Waals surface area contributed by atoms with Crippen LogP contribution in [-0.2, 0) is 24.4 Å². The van der Waals surface area contributed by atoms with E-state index in [1.54, 1.807) is 18.2 Å². The quantitative estimate of drug-likeness (QED) is 0.169. The number of Topliss-reactive ketones (excluding diaryl/α,β-unsaturated/α-hetero) is 1. The fourth-order valence-corrected chi connectivity index (χ4v) is 5.21. The summed E-state index contributed by atoms with van der Waals surface area (Å²) >= 11 is 0. The molecule has 2 aromatic carbocycles. The number of benzene rings is 2. The lowest BCUT2D eigenvalue weighted by Crippen LogP contribution is -2.35. The molecule has 0 aliphatic carbocycles. The lowest BCUT2D eigenvalue weighted by atomic mass is 9.85. The highest BCUT2D eigenvalue weighted by Crippen LogP contribution is 2.40. The summed E-state index contributed by atoms with van der Waals surface area (Å²) in [5.41, 5.74) is -4.53. The van der Waals surface area contributed by atoms with Crippen molar-refractivity contribution in [3.63, 3.8) is 0 Å². The van der Waals surface area contributed by atoms with Gasteiger partial charge in [-0.1, -0.05) is 62.7 Å². The molecule has 1 aliphatic heterocycles. The van der Waals surface area contributed by atoms with Crippen molar-refractivity contribution in [1.29, 1.82) is 0 Å². The van der Waals surface area contributed by atoms with Crippen LogP contribution in [0, 0.1) is 5.92 Å². The van der Waals surface area contributed by atoms with Gasteiger partial charge in [0.25, 0.3) is 0 Å². The lowest BCUT2D eigenvalue weighted by molar-refractivity contribution is -0.152. The Morgan fingerprint density at radius 3 is 2.16 bits per heavy atom. The summed E-state index contributed by atoms with van der Waals surface area (Å²) in [6.45, 7) is 4.95. The summed E-state index contributed by atoms with van der Waals surface area (Å²) in [7, 11) is -4.96. The Morgan fingerprint density at radius 2 is 1.61 bits per heavy atom. The van der Waals surface area contributed by atoms with Crippen LogP contribution in [-0.4, -0.2) is 50.8 Å². The minimum absolute atomic E-state index is 0.0676. The van der Waals surface area contributed by atoms with Gasteiger partial charge in [-0.15, -0.1) is 0 Å². The largest absolute Gasteiger partial charge is 0.534 e. The number of methoxy groups -OCH3 is 1. The van der Waals surface area contributed by atoms with Gasteiger partial charge in [0, 0.05) is 5.56 Å². The molecule has 0 amide bonds. The van der Waals surface area contributed by atoms with Gasteiger partial charge in [-0.25, -0.2) is 4.79 Å². The average Bonchev–Trinajstić information content (AvgIpc) is 2.87. The first-order valence-electron chi connectivity index (χ1n) is 12.4. The van der Waals surface area contributed by atoms with Crippen LogP contribution in [0.15, 0.2) is 48.5 Å². The number of hydrogen-bond donors (Lipinski definition) is 0. The van der Waals surface area contributed by atoms with E-state index in [0.29, 0.717) is 13.1 Å². The molecule has 1 aliphatic rings. The van der Waals surface area contributed by atoms with Crippen LogP contribution in [0.4, 0.5) is 13.2 Å². The number of nitrogens with zero attached hydrogens (tertiary/aromatic N) is 1. The fourth-order valence-electron chi connectivity index (χ4n) is 4.74. The van der Waals surface area contributed by atoms with E-state index in [4.69, 9.17) is 4.18 Å². The van der Waals surface area contributed by atoms with Gasteiger partial charge in [-0.3, -0.25) is 9.69 Å². The third-order valence-electron chi connectivity index (χ3n) is 6.50. The van der Waals surface area contributed by atoms with Gasteiger partial charge in [0.1, 0.15) is 5.75 Å². The Morgan fingerprint density at radius 1 is 0.974 bits per heavy atom. The van der Waals surface area contributed by atoms with Crippen molar-refractivity contribution >= 4 is 21.9 Å². The molecule has 1 heterocycles. The van der Waals surface area contributed by atoms with Gasteiger partial charge in [-0.2, -0.15) is 21.6 Å². The average molecular weight is 556 g/mol. The summed E-state index contributed by atoms with van der Waals surface area (Å²) in [6, 6.07) is 12.6. The number of halogens is 3. The predicted octanol–water partition coefficient (Wildman–Crippen LogP) is 5.36. The normalized spacial score (nSPS) is 16.6. The SMILES string of the molecule is COC(=O)C(=O)C(CC(C)C)c1ccc(C(c2ccccc2)N2CCCCC2)c(OS(=O)(=O)C(F)(F)F)c1. The molecule has 0 saturated carbocycles. The number of esters is 1. The maximum absolute atomic E-state index is 13.4. The Hall–Kier alpha value is -2.92. The van der Waals surface area contributed by atoms with Crippen molar-refractivity contribution < 1.29 is 40.1 Å². The Kier molecular flexibility index (Phi) is 9.59. The van der Waals surface area contributed by atoms with Crippen molar-refractivity contribution in [3.05, 3.63) is 65.2 Å². The highest BCUT2D eigenvalue weighted by molar-refractivity contribution is 7.88. The van der Waals surface area contributed by atoms with Crippen LogP contribution in [0.5, 0.6) is 5.75 Å². The topological polar surface area (TPSA) is 90.0 Å². The van der Waals surface area contributed by atoms with Crippen LogP contribution in [0.25, 0.3) is 0 Å². The second-order valence-corrected chi connectivity index (χ2v) is 11.3. The summed E-state index contributed by atoms with van der Waals surface area (Å²) in [6.07, 6.45) is 2.95. The molecule has 2 atom stereocenters. The van der Waals surface area contributed by atoms with E-state index in [-0.39, 0.29) is 23.5 Å². The van der Waals surface area contributed by atoms with Crippen molar-refractivity contribution in [2.45, 2.75) is 57.0 Å². The molecule has 0 N–H and O–H groups in total. The second kappa shape index (κ2) is 12.3. The smallest absolute Gasteiger partial charge is 0.463 e. The number of carbonyl (C=O) groups excluding carboxylic acids is 2. The predicted molar refractivity (Wildman–Crippen MR) is 135 cm³/mol. The highest BCUT2D eigenvalue weighted by atomic mass is 32.2.